The Balaban J connectivity index is 1.91. The Morgan fingerprint density at radius 1 is 0.857 bits per heavy atom. The number of hydrogen-bond acceptors (Lipinski definition) is 1. The molecule has 1 saturated heterocycles. The van der Waals surface area contributed by atoms with Crippen LogP contribution in [0.2, 0.25) is 0 Å². The predicted molar refractivity (Wildman–Crippen MR) is 62.8 cm³/mol. The molecule has 1 saturated carbocycles. The second kappa shape index (κ2) is 5.50. The van der Waals surface area contributed by atoms with Gasteiger partial charge in [-0.3, -0.25) is 0 Å². The van der Waals surface area contributed by atoms with Gasteiger partial charge in [-0.2, -0.15) is 0 Å². The molecule has 2 unspecified atom stereocenters. The maximum atomic E-state index is 5.44. The van der Waals surface area contributed by atoms with Gasteiger partial charge in [0.25, 0.3) is 0 Å². The molecule has 0 spiro atoms. The molecule has 1 nitrogen and oxygen atoms in total. The summed E-state index contributed by atoms with van der Waals surface area (Å²) in [4.78, 5) is 0.785. The van der Waals surface area contributed by atoms with E-state index in [1.54, 1.807) is 0 Å². The third kappa shape index (κ3) is 2.73. The van der Waals surface area contributed by atoms with Crippen LogP contribution in [0.3, 0.4) is 0 Å². The monoisotopic (exact) mass is 260 g/mol. The third-order valence-electron chi connectivity index (χ3n) is 3.85. The quantitative estimate of drug-likeness (QED) is 0.516. The van der Waals surface area contributed by atoms with E-state index in [0.717, 1.165) is 29.9 Å². The summed E-state index contributed by atoms with van der Waals surface area (Å²) >= 11 is 3.90. The van der Waals surface area contributed by atoms with E-state index in [1.807, 2.05) is 0 Å². The summed E-state index contributed by atoms with van der Waals surface area (Å²) in [6, 6.07) is 0. The average molecular weight is 261 g/mol. The first-order valence-electron chi connectivity index (χ1n) is 6.10. The molecule has 2 fully saturated rings. The Hall–Kier alpha value is 0.440. The van der Waals surface area contributed by atoms with Crippen molar-refractivity contribution < 1.29 is 4.74 Å². The van der Waals surface area contributed by atoms with Crippen molar-refractivity contribution in [2.24, 2.45) is 11.8 Å². The number of alkyl halides is 1. The Morgan fingerprint density at radius 2 is 1.57 bits per heavy atom. The minimum Gasteiger partial charge on any atom is -0.381 e. The van der Waals surface area contributed by atoms with E-state index >= 15 is 0 Å². The molecule has 0 aromatic heterocycles. The summed E-state index contributed by atoms with van der Waals surface area (Å²) in [6.07, 6.45) is 9.75. The van der Waals surface area contributed by atoms with E-state index in [-0.39, 0.29) is 0 Å². The highest BCUT2D eigenvalue weighted by atomic mass is 79.9. The second-order valence-corrected chi connectivity index (χ2v) is 5.94. The molecular formula is C12H21BrO. The highest BCUT2D eigenvalue weighted by Crippen LogP contribution is 2.37. The molecule has 0 radical (unpaired) electrons. The number of halogens is 1. The Bertz CT molecular complexity index is 166. The molecule has 14 heavy (non-hydrogen) atoms. The van der Waals surface area contributed by atoms with Crippen LogP contribution < -0.4 is 0 Å². The molecule has 0 aromatic rings. The van der Waals surface area contributed by atoms with Gasteiger partial charge in [0.15, 0.2) is 0 Å². The Kier molecular flexibility index (Phi) is 4.30. The van der Waals surface area contributed by atoms with Crippen LogP contribution in [-0.2, 0) is 4.74 Å². The van der Waals surface area contributed by atoms with Crippen molar-refractivity contribution in [3.63, 3.8) is 0 Å². The van der Waals surface area contributed by atoms with Crippen molar-refractivity contribution in [2.45, 2.75) is 49.8 Å². The van der Waals surface area contributed by atoms with Crippen LogP contribution in [0, 0.1) is 11.8 Å². The fourth-order valence-electron chi connectivity index (χ4n) is 2.97. The highest BCUT2D eigenvalue weighted by Gasteiger charge is 2.30. The first kappa shape index (κ1) is 10.9. The number of ether oxygens (including phenoxy) is 1. The fourth-order valence-corrected chi connectivity index (χ4v) is 3.99. The summed E-state index contributed by atoms with van der Waals surface area (Å²) < 4.78 is 5.44. The SMILES string of the molecule is BrC1CCCCCC1C1CCOCC1. The normalized spacial score (nSPS) is 36.6. The van der Waals surface area contributed by atoms with Crippen LogP contribution in [0.1, 0.15) is 44.9 Å². The first-order valence-corrected chi connectivity index (χ1v) is 7.01. The van der Waals surface area contributed by atoms with Gasteiger partial charge < -0.3 is 4.74 Å². The summed E-state index contributed by atoms with van der Waals surface area (Å²) in [7, 11) is 0. The first-order chi connectivity index (χ1) is 6.88. The lowest BCUT2D eigenvalue weighted by atomic mass is 9.81. The zero-order valence-electron chi connectivity index (χ0n) is 8.88. The van der Waals surface area contributed by atoms with E-state index in [2.05, 4.69) is 15.9 Å². The van der Waals surface area contributed by atoms with Crippen LogP contribution in [-0.4, -0.2) is 18.0 Å². The third-order valence-corrected chi connectivity index (χ3v) is 4.99. The molecule has 0 aromatic carbocycles. The zero-order chi connectivity index (χ0) is 9.80. The minimum atomic E-state index is 0.785. The van der Waals surface area contributed by atoms with Gasteiger partial charge in [0.05, 0.1) is 0 Å². The van der Waals surface area contributed by atoms with Gasteiger partial charge in [-0.05, 0) is 37.5 Å². The molecule has 1 aliphatic heterocycles. The Labute approximate surface area is 95.7 Å². The molecule has 0 bridgehead atoms. The number of hydrogen-bond donors (Lipinski definition) is 0. The van der Waals surface area contributed by atoms with E-state index in [1.165, 1.54) is 44.9 Å². The van der Waals surface area contributed by atoms with E-state index in [9.17, 15) is 0 Å². The number of rotatable bonds is 1. The van der Waals surface area contributed by atoms with Gasteiger partial charge in [0, 0.05) is 18.0 Å². The smallest absolute Gasteiger partial charge is 0.0468 e. The maximum Gasteiger partial charge on any atom is 0.0468 e. The second-order valence-electron chi connectivity index (χ2n) is 4.77. The molecule has 1 heterocycles. The van der Waals surface area contributed by atoms with Crippen LogP contribution in [0.4, 0.5) is 0 Å². The van der Waals surface area contributed by atoms with Crippen molar-refractivity contribution in [1.82, 2.24) is 0 Å². The molecule has 0 amide bonds. The molecule has 2 atom stereocenters. The summed E-state index contributed by atoms with van der Waals surface area (Å²) in [5, 5.41) is 0. The molecule has 0 N–H and O–H groups in total. The maximum absolute atomic E-state index is 5.44. The average Bonchev–Trinajstić information content (AvgIpc) is 2.44. The van der Waals surface area contributed by atoms with Crippen molar-refractivity contribution in [3.05, 3.63) is 0 Å². The summed E-state index contributed by atoms with van der Waals surface area (Å²) in [5.41, 5.74) is 0. The topological polar surface area (TPSA) is 9.23 Å². The fraction of sp³-hybridized carbons (Fsp3) is 1.00. The van der Waals surface area contributed by atoms with Crippen LogP contribution >= 0.6 is 15.9 Å². The van der Waals surface area contributed by atoms with Crippen LogP contribution in [0.25, 0.3) is 0 Å². The molecular weight excluding hydrogens is 240 g/mol. The largest absolute Gasteiger partial charge is 0.381 e. The van der Waals surface area contributed by atoms with Gasteiger partial charge in [0.1, 0.15) is 0 Å². The Morgan fingerprint density at radius 3 is 2.36 bits per heavy atom. The van der Waals surface area contributed by atoms with Gasteiger partial charge in [-0.25, -0.2) is 0 Å². The van der Waals surface area contributed by atoms with Gasteiger partial charge in [-0.15, -0.1) is 0 Å². The molecule has 2 heteroatoms. The van der Waals surface area contributed by atoms with Crippen molar-refractivity contribution in [3.8, 4) is 0 Å². The molecule has 82 valence electrons. The van der Waals surface area contributed by atoms with Crippen LogP contribution in [0.5, 0.6) is 0 Å². The lowest BCUT2D eigenvalue weighted by Crippen LogP contribution is -2.28. The zero-order valence-corrected chi connectivity index (χ0v) is 10.5. The van der Waals surface area contributed by atoms with Gasteiger partial charge in [0.2, 0.25) is 0 Å². The van der Waals surface area contributed by atoms with Crippen molar-refractivity contribution in [2.75, 3.05) is 13.2 Å². The predicted octanol–water partition coefficient (Wildman–Crippen LogP) is 3.76. The standard InChI is InChI=1S/C12H21BrO/c13-12-5-3-1-2-4-11(12)10-6-8-14-9-7-10/h10-12H,1-9H2. The lowest BCUT2D eigenvalue weighted by Gasteiger charge is -2.32. The van der Waals surface area contributed by atoms with Gasteiger partial charge >= 0.3 is 0 Å². The lowest BCUT2D eigenvalue weighted by molar-refractivity contribution is 0.0451. The molecule has 2 rings (SSSR count). The van der Waals surface area contributed by atoms with Gasteiger partial charge in [-0.1, -0.05) is 35.2 Å². The molecule has 1 aliphatic carbocycles. The summed E-state index contributed by atoms with van der Waals surface area (Å²) in [6.45, 7) is 2.00. The van der Waals surface area contributed by atoms with Crippen molar-refractivity contribution >= 4 is 15.9 Å². The van der Waals surface area contributed by atoms with E-state index < -0.39 is 0 Å². The van der Waals surface area contributed by atoms with E-state index in [4.69, 9.17) is 4.74 Å². The van der Waals surface area contributed by atoms with Crippen molar-refractivity contribution in [1.29, 1.82) is 0 Å². The van der Waals surface area contributed by atoms with Crippen LogP contribution in [0.15, 0.2) is 0 Å². The highest BCUT2D eigenvalue weighted by molar-refractivity contribution is 9.09. The minimum absolute atomic E-state index is 0.785. The molecule has 2 aliphatic rings. The summed E-state index contributed by atoms with van der Waals surface area (Å²) in [5.74, 6) is 1.87. The van der Waals surface area contributed by atoms with E-state index in [0.29, 0.717) is 0 Å².